The third kappa shape index (κ3) is 3.50. The van der Waals surface area contributed by atoms with Crippen LogP contribution in [0.5, 0.6) is 11.5 Å². The quantitative estimate of drug-likeness (QED) is 0.902. The molecule has 1 heterocycles. The van der Waals surface area contributed by atoms with E-state index in [-0.39, 0.29) is 0 Å². The van der Waals surface area contributed by atoms with E-state index in [0.29, 0.717) is 12.0 Å². The van der Waals surface area contributed by atoms with Gasteiger partial charge in [-0.1, -0.05) is 6.07 Å². The Morgan fingerprint density at radius 1 is 1.14 bits per heavy atom. The summed E-state index contributed by atoms with van der Waals surface area (Å²) in [6, 6.07) is 7.37. The summed E-state index contributed by atoms with van der Waals surface area (Å²) < 4.78 is 10.7. The van der Waals surface area contributed by atoms with Gasteiger partial charge in [-0.15, -0.1) is 0 Å². The van der Waals surface area contributed by atoms with Crippen molar-refractivity contribution < 1.29 is 9.47 Å². The Morgan fingerprint density at radius 2 is 1.90 bits per heavy atom. The lowest BCUT2D eigenvalue weighted by atomic mass is 9.89. The van der Waals surface area contributed by atoms with Crippen LogP contribution in [0.1, 0.15) is 24.8 Å². The van der Waals surface area contributed by atoms with Crippen LogP contribution in [0, 0.1) is 5.92 Å². The zero-order chi connectivity index (χ0) is 14.8. The maximum Gasteiger partial charge on any atom is 0.160 e. The van der Waals surface area contributed by atoms with Crippen molar-refractivity contribution in [3.8, 4) is 11.5 Å². The van der Waals surface area contributed by atoms with E-state index in [0.717, 1.165) is 36.9 Å². The zero-order valence-electron chi connectivity index (χ0n) is 13.0. The molecule has 1 saturated heterocycles. The second-order valence-electron chi connectivity index (χ2n) is 6.44. The summed E-state index contributed by atoms with van der Waals surface area (Å²) in [5.41, 5.74) is 7.56. The minimum atomic E-state index is 0.324. The molecule has 1 aromatic carbocycles. The number of rotatable bonds is 5. The lowest BCUT2D eigenvalue weighted by Crippen LogP contribution is -2.48. The van der Waals surface area contributed by atoms with Crippen molar-refractivity contribution in [2.24, 2.45) is 11.7 Å². The minimum absolute atomic E-state index is 0.324. The Bertz CT molecular complexity index is 488. The maximum absolute atomic E-state index is 6.25. The number of hydrogen-bond donors (Lipinski definition) is 1. The highest BCUT2D eigenvalue weighted by Gasteiger charge is 2.35. The van der Waals surface area contributed by atoms with E-state index in [9.17, 15) is 0 Å². The second-order valence-corrected chi connectivity index (χ2v) is 6.44. The molecule has 1 aliphatic carbocycles. The predicted octanol–water partition coefficient (Wildman–Crippen LogP) is 2.06. The molecule has 0 aromatic heterocycles. The van der Waals surface area contributed by atoms with Gasteiger partial charge in [0.05, 0.1) is 14.2 Å². The van der Waals surface area contributed by atoms with Crippen molar-refractivity contribution in [3.05, 3.63) is 23.8 Å². The number of nitrogens with zero attached hydrogens (tertiary/aromatic N) is 1. The first-order valence-corrected chi connectivity index (χ1v) is 7.90. The number of nitrogens with two attached hydrogens (primary N) is 1. The molecule has 2 aliphatic rings. The minimum Gasteiger partial charge on any atom is -0.493 e. The smallest absolute Gasteiger partial charge is 0.160 e. The Kier molecular flexibility index (Phi) is 4.36. The standard InChI is InChI=1S/C17H26N2O2/c1-20-16-6-3-12(9-17(16)21-2)7-13-8-14(18)11-19(10-13)15-4-5-15/h3,6,9,13-15H,4-5,7-8,10-11,18H2,1-2H3. The first-order chi connectivity index (χ1) is 10.2. The highest BCUT2D eigenvalue weighted by atomic mass is 16.5. The Morgan fingerprint density at radius 3 is 2.57 bits per heavy atom. The van der Waals surface area contributed by atoms with Gasteiger partial charge in [0.15, 0.2) is 11.5 Å². The van der Waals surface area contributed by atoms with E-state index in [1.165, 1.54) is 24.9 Å². The summed E-state index contributed by atoms with van der Waals surface area (Å²) in [4.78, 5) is 2.60. The fourth-order valence-electron chi connectivity index (χ4n) is 3.51. The van der Waals surface area contributed by atoms with Crippen LogP contribution in [-0.2, 0) is 6.42 Å². The zero-order valence-corrected chi connectivity index (χ0v) is 13.0. The van der Waals surface area contributed by atoms with Gasteiger partial charge < -0.3 is 15.2 Å². The molecule has 0 amide bonds. The molecular weight excluding hydrogens is 264 g/mol. The molecular formula is C17H26N2O2. The van der Waals surface area contributed by atoms with Crippen molar-refractivity contribution in [1.29, 1.82) is 0 Å². The summed E-state index contributed by atoms with van der Waals surface area (Å²) in [6.45, 7) is 2.26. The van der Waals surface area contributed by atoms with E-state index in [1.54, 1.807) is 14.2 Å². The highest BCUT2D eigenvalue weighted by Crippen LogP contribution is 2.33. The molecule has 0 spiro atoms. The lowest BCUT2D eigenvalue weighted by molar-refractivity contribution is 0.148. The van der Waals surface area contributed by atoms with Gasteiger partial charge in [0.2, 0.25) is 0 Å². The molecule has 1 aromatic rings. The van der Waals surface area contributed by atoms with Gasteiger partial charge in [0.1, 0.15) is 0 Å². The average molecular weight is 290 g/mol. The van der Waals surface area contributed by atoms with E-state index >= 15 is 0 Å². The Labute approximate surface area is 127 Å². The largest absolute Gasteiger partial charge is 0.493 e. The number of methoxy groups -OCH3 is 2. The average Bonchev–Trinajstić information content (AvgIpc) is 3.31. The molecule has 2 unspecified atom stereocenters. The lowest BCUT2D eigenvalue weighted by Gasteiger charge is -2.36. The number of ether oxygens (including phenoxy) is 2. The number of benzene rings is 1. The van der Waals surface area contributed by atoms with Crippen LogP contribution in [0.2, 0.25) is 0 Å². The monoisotopic (exact) mass is 290 g/mol. The molecule has 4 nitrogen and oxygen atoms in total. The fraction of sp³-hybridized carbons (Fsp3) is 0.647. The maximum atomic E-state index is 6.25. The number of hydrogen-bond acceptors (Lipinski definition) is 4. The topological polar surface area (TPSA) is 47.7 Å². The van der Waals surface area contributed by atoms with E-state index in [2.05, 4.69) is 17.0 Å². The summed E-state index contributed by atoms with van der Waals surface area (Å²) in [6.07, 6.45) is 4.90. The van der Waals surface area contributed by atoms with Gasteiger partial charge in [-0.2, -0.15) is 0 Å². The normalized spacial score (nSPS) is 26.6. The summed E-state index contributed by atoms with van der Waals surface area (Å²) in [5, 5.41) is 0. The van der Waals surface area contributed by atoms with Gasteiger partial charge in [-0.05, 0) is 49.3 Å². The number of likely N-dealkylation sites (tertiary alicyclic amines) is 1. The van der Waals surface area contributed by atoms with Crippen molar-refractivity contribution in [2.75, 3.05) is 27.3 Å². The molecule has 1 aliphatic heterocycles. The first kappa shape index (κ1) is 14.7. The van der Waals surface area contributed by atoms with Crippen LogP contribution in [0.4, 0.5) is 0 Å². The molecule has 0 radical (unpaired) electrons. The Balaban J connectivity index is 1.67. The first-order valence-electron chi connectivity index (χ1n) is 7.90. The molecule has 116 valence electrons. The highest BCUT2D eigenvalue weighted by molar-refractivity contribution is 5.43. The van der Waals surface area contributed by atoms with Crippen LogP contribution in [-0.4, -0.2) is 44.3 Å². The van der Waals surface area contributed by atoms with Crippen LogP contribution in [0.25, 0.3) is 0 Å². The molecule has 1 saturated carbocycles. The number of piperidine rings is 1. The van der Waals surface area contributed by atoms with Gasteiger partial charge in [0, 0.05) is 25.2 Å². The van der Waals surface area contributed by atoms with Gasteiger partial charge in [-0.25, -0.2) is 0 Å². The van der Waals surface area contributed by atoms with Crippen LogP contribution in [0.15, 0.2) is 18.2 Å². The van der Waals surface area contributed by atoms with Crippen LogP contribution < -0.4 is 15.2 Å². The summed E-state index contributed by atoms with van der Waals surface area (Å²) in [7, 11) is 3.36. The van der Waals surface area contributed by atoms with E-state index in [4.69, 9.17) is 15.2 Å². The van der Waals surface area contributed by atoms with Crippen LogP contribution >= 0.6 is 0 Å². The Hall–Kier alpha value is -1.26. The van der Waals surface area contributed by atoms with Gasteiger partial charge in [-0.3, -0.25) is 4.90 Å². The molecule has 21 heavy (non-hydrogen) atoms. The third-order valence-electron chi connectivity index (χ3n) is 4.63. The van der Waals surface area contributed by atoms with Crippen molar-refractivity contribution in [1.82, 2.24) is 4.90 Å². The summed E-state index contributed by atoms with van der Waals surface area (Å²) in [5.74, 6) is 2.25. The van der Waals surface area contributed by atoms with E-state index in [1.807, 2.05) is 6.07 Å². The molecule has 2 atom stereocenters. The van der Waals surface area contributed by atoms with Gasteiger partial charge >= 0.3 is 0 Å². The molecule has 2 N–H and O–H groups in total. The second kappa shape index (κ2) is 6.24. The predicted molar refractivity (Wildman–Crippen MR) is 83.9 cm³/mol. The SMILES string of the molecule is COc1ccc(CC2CC(N)CN(C3CC3)C2)cc1OC. The molecule has 3 rings (SSSR count). The fourth-order valence-corrected chi connectivity index (χ4v) is 3.51. The third-order valence-corrected chi connectivity index (χ3v) is 4.63. The van der Waals surface area contributed by atoms with Crippen molar-refractivity contribution in [2.45, 2.75) is 37.8 Å². The molecule has 0 bridgehead atoms. The van der Waals surface area contributed by atoms with Crippen molar-refractivity contribution >= 4 is 0 Å². The van der Waals surface area contributed by atoms with Crippen molar-refractivity contribution in [3.63, 3.8) is 0 Å². The van der Waals surface area contributed by atoms with Gasteiger partial charge in [0.25, 0.3) is 0 Å². The summed E-state index contributed by atoms with van der Waals surface area (Å²) >= 11 is 0. The molecule has 4 heteroatoms. The van der Waals surface area contributed by atoms with E-state index < -0.39 is 0 Å². The van der Waals surface area contributed by atoms with Crippen LogP contribution in [0.3, 0.4) is 0 Å². The molecule has 2 fully saturated rings.